The zero-order chi connectivity index (χ0) is 37.7. The molecular weight excluding hydrogens is 699 g/mol. The number of esters is 1. The summed E-state index contributed by atoms with van der Waals surface area (Å²) in [5.41, 5.74) is -0.492. The Morgan fingerprint density at radius 1 is 0.943 bits per heavy atom. The third-order valence-electron chi connectivity index (χ3n) is 8.73. The van der Waals surface area contributed by atoms with Crippen molar-refractivity contribution in [1.29, 1.82) is 0 Å². The molecule has 13 nitrogen and oxygen atoms in total. The van der Waals surface area contributed by atoms with Crippen molar-refractivity contribution in [3.63, 3.8) is 0 Å². The Balaban J connectivity index is 1.09. The van der Waals surface area contributed by atoms with Crippen LogP contribution in [0.5, 0.6) is 0 Å². The van der Waals surface area contributed by atoms with E-state index in [0.717, 1.165) is 39.7 Å². The van der Waals surface area contributed by atoms with E-state index >= 15 is 0 Å². The van der Waals surface area contributed by atoms with Crippen molar-refractivity contribution in [3.05, 3.63) is 129 Å². The van der Waals surface area contributed by atoms with Gasteiger partial charge in [-0.3, -0.25) is 23.9 Å². The lowest BCUT2D eigenvalue weighted by Gasteiger charge is -2.22. The van der Waals surface area contributed by atoms with Gasteiger partial charge in [-0.05, 0) is 55.6 Å². The van der Waals surface area contributed by atoms with Crippen LogP contribution in [0.15, 0.2) is 101 Å². The monoisotopic (exact) mass is 742 g/mol. The van der Waals surface area contributed by atoms with Crippen LogP contribution < -0.4 is 37.8 Å². The Hall–Kier alpha value is -5.20. The summed E-state index contributed by atoms with van der Waals surface area (Å²) in [6.45, 7) is 0.446. The van der Waals surface area contributed by atoms with Crippen LogP contribution in [-0.4, -0.2) is 76.6 Å². The van der Waals surface area contributed by atoms with Crippen LogP contribution in [-0.2, 0) is 14.3 Å². The van der Waals surface area contributed by atoms with E-state index in [4.69, 9.17) is 9.47 Å². The van der Waals surface area contributed by atoms with Gasteiger partial charge in [0.2, 0.25) is 5.91 Å². The van der Waals surface area contributed by atoms with Crippen LogP contribution in [0.25, 0.3) is 6.08 Å². The summed E-state index contributed by atoms with van der Waals surface area (Å²) in [7, 11) is 0.183. The van der Waals surface area contributed by atoms with Gasteiger partial charge in [-0.1, -0.05) is 73.5 Å². The standard InChI is InChI=1S/C39H43N4O9P/c1-51-38(49)30-18-16-26(22-33(30)53(28-12-6-4-7-13-28)29-14-8-5-9-15-29)36(47)41-21-11-3-2-10-20-40-34(46)19-17-27-24-43(39(50)42-37(27)48)35-23-31(45)32(25-44)52-35/h4-9,12-19,22,24,31-32,35,44-45H,2-3,10-11,20-21,23,25H2,1H3,(H,40,46)(H,41,47)(H,42,48,50)/b19-17+/t31-,32+,35+/m0/s1. The van der Waals surface area contributed by atoms with Crippen LogP contribution in [0.1, 0.15) is 64.6 Å². The molecular formula is C39H43N4O9P. The first-order valence-corrected chi connectivity index (χ1v) is 18.7. The number of carbonyl (C=O) groups is 3. The number of amides is 2. The molecule has 2 amide bonds. The highest BCUT2D eigenvalue weighted by Crippen LogP contribution is 2.35. The molecule has 2 heterocycles. The molecule has 0 saturated carbocycles. The smallest absolute Gasteiger partial charge is 0.338 e. The number of hydrogen-bond acceptors (Lipinski definition) is 9. The fourth-order valence-corrected chi connectivity index (χ4v) is 8.42. The fraction of sp³-hybridized carbons (Fsp3) is 0.308. The SMILES string of the molecule is COC(=O)c1ccc(C(=O)NCCCCCCNC(=O)/C=C/c2cn([C@H]3C[C@H](O)[C@@H](CO)O3)c(=O)[nH]c2=O)cc1P(c1ccccc1)c1ccccc1. The number of H-pyrrole nitrogens is 1. The molecule has 14 heteroatoms. The number of rotatable bonds is 16. The van der Waals surface area contributed by atoms with Crippen LogP contribution >= 0.6 is 7.92 Å². The van der Waals surface area contributed by atoms with Gasteiger partial charge in [-0.15, -0.1) is 0 Å². The molecule has 1 saturated heterocycles. The molecule has 0 spiro atoms. The third kappa shape index (κ3) is 10.2. The van der Waals surface area contributed by atoms with Gasteiger partial charge in [0, 0.05) is 42.7 Å². The molecule has 3 aromatic carbocycles. The molecule has 5 N–H and O–H groups in total. The minimum absolute atomic E-state index is 0.0520. The van der Waals surface area contributed by atoms with Crippen LogP contribution in [0.3, 0.4) is 0 Å². The Morgan fingerprint density at radius 2 is 1.58 bits per heavy atom. The lowest BCUT2D eigenvalue weighted by atomic mass is 10.1. The molecule has 53 heavy (non-hydrogen) atoms. The van der Waals surface area contributed by atoms with Crippen LogP contribution in [0.2, 0.25) is 0 Å². The number of aromatic nitrogens is 2. The van der Waals surface area contributed by atoms with E-state index in [2.05, 4.69) is 15.6 Å². The number of benzene rings is 3. The van der Waals surface area contributed by atoms with E-state index < -0.39 is 56.1 Å². The van der Waals surface area contributed by atoms with Gasteiger partial charge in [0.1, 0.15) is 12.3 Å². The largest absolute Gasteiger partial charge is 0.465 e. The second-order valence-corrected chi connectivity index (χ2v) is 14.6. The van der Waals surface area contributed by atoms with Crippen molar-refractivity contribution < 1.29 is 34.1 Å². The maximum absolute atomic E-state index is 13.2. The quantitative estimate of drug-likeness (QED) is 0.0494. The summed E-state index contributed by atoms with van der Waals surface area (Å²) in [5.74, 6) is -1.12. The number of aliphatic hydroxyl groups excluding tert-OH is 2. The van der Waals surface area contributed by atoms with Gasteiger partial charge < -0.3 is 30.3 Å². The predicted molar refractivity (Wildman–Crippen MR) is 202 cm³/mol. The predicted octanol–water partition coefficient (Wildman–Crippen LogP) is 1.84. The first kappa shape index (κ1) is 39.0. The number of nitrogens with zero attached hydrogens (tertiary/aromatic N) is 1. The summed E-state index contributed by atoms with van der Waals surface area (Å²) < 4.78 is 11.7. The number of carbonyl (C=O) groups excluding carboxylic acids is 3. The molecule has 0 aliphatic carbocycles. The van der Waals surface area contributed by atoms with Gasteiger partial charge >= 0.3 is 11.7 Å². The minimum Gasteiger partial charge on any atom is -0.465 e. The summed E-state index contributed by atoms with van der Waals surface area (Å²) >= 11 is 0. The first-order valence-electron chi connectivity index (χ1n) is 17.4. The lowest BCUT2D eigenvalue weighted by molar-refractivity contribution is -0.116. The summed E-state index contributed by atoms with van der Waals surface area (Å²) in [6.07, 6.45) is 4.19. The zero-order valence-electron chi connectivity index (χ0n) is 29.3. The van der Waals surface area contributed by atoms with Crippen molar-refractivity contribution in [1.82, 2.24) is 20.2 Å². The van der Waals surface area contributed by atoms with E-state index in [9.17, 15) is 34.2 Å². The highest BCUT2D eigenvalue weighted by molar-refractivity contribution is 7.80. The maximum Gasteiger partial charge on any atom is 0.338 e. The Kier molecular flexibility index (Phi) is 14.0. The fourth-order valence-electron chi connectivity index (χ4n) is 5.95. The van der Waals surface area contributed by atoms with Gasteiger partial charge in [0.25, 0.3) is 11.5 Å². The van der Waals surface area contributed by atoms with E-state index in [1.54, 1.807) is 18.2 Å². The highest BCUT2D eigenvalue weighted by Gasteiger charge is 2.35. The molecule has 5 rings (SSSR count). The topological polar surface area (TPSA) is 189 Å². The van der Waals surface area contributed by atoms with Gasteiger partial charge in [0.05, 0.1) is 30.9 Å². The Labute approximate surface area is 307 Å². The van der Waals surface area contributed by atoms with Crippen molar-refractivity contribution in [2.45, 2.75) is 50.5 Å². The Bertz CT molecular complexity index is 1980. The normalized spacial score (nSPS) is 16.9. The maximum atomic E-state index is 13.2. The van der Waals surface area contributed by atoms with Gasteiger partial charge in [-0.25, -0.2) is 9.59 Å². The molecule has 3 atom stereocenters. The lowest BCUT2D eigenvalue weighted by Crippen LogP contribution is -2.33. The highest BCUT2D eigenvalue weighted by atomic mass is 31.1. The molecule has 1 aliphatic heterocycles. The average molecular weight is 743 g/mol. The van der Waals surface area contributed by atoms with E-state index in [-0.39, 0.29) is 17.9 Å². The summed E-state index contributed by atoms with van der Waals surface area (Å²) in [6, 6.07) is 24.9. The van der Waals surface area contributed by atoms with Crippen molar-refractivity contribution in [2.75, 3.05) is 26.8 Å². The second kappa shape index (κ2) is 19.0. The van der Waals surface area contributed by atoms with Crippen molar-refractivity contribution in [3.8, 4) is 0 Å². The van der Waals surface area contributed by atoms with E-state index in [1.165, 1.54) is 25.5 Å². The third-order valence-corrected chi connectivity index (χ3v) is 11.2. The number of nitrogens with one attached hydrogen (secondary N) is 3. The van der Waals surface area contributed by atoms with Gasteiger partial charge in [0.15, 0.2) is 0 Å². The molecule has 1 aromatic heterocycles. The number of hydrogen-bond donors (Lipinski definition) is 5. The second-order valence-electron chi connectivity index (χ2n) is 12.4. The molecule has 4 aromatic rings. The minimum atomic E-state index is -1.16. The summed E-state index contributed by atoms with van der Waals surface area (Å²) in [4.78, 5) is 65.2. The number of ether oxygens (including phenoxy) is 2. The van der Waals surface area contributed by atoms with E-state index in [1.807, 2.05) is 60.7 Å². The molecule has 0 unspecified atom stereocenters. The zero-order valence-corrected chi connectivity index (χ0v) is 30.2. The van der Waals surface area contributed by atoms with Crippen LogP contribution in [0.4, 0.5) is 0 Å². The Morgan fingerprint density at radius 3 is 2.19 bits per heavy atom. The molecule has 1 fully saturated rings. The van der Waals surface area contributed by atoms with Gasteiger partial charge in [-0.2, -0.15) is 0 Å². The first-order chi connectivity index (χ1) is 25.7. The average Bonchev–Trinajstić information content (AvgIpc) is 3.55. The number of aliphatic hydroxyl groups is 2. The molecule has 0 radical (unpaired) electrons. The number of aromatic amines is 1. The van der Waals surface area contributed by atoms with Crippen LogP contribution in [0, 0.1) is 0 Å². The molecule has 0 bridgehead atoms. The van der Waals surface area contributed by atoms with Crippen molar-refractivity contribution >= 4 is 47.7 Å². The molecule has 278 valence electrons. The van der Waals surface area contributed by atoms with E-state index in [0.29, 0.717) is 30.6 Å². The molecule has 1 aliphatic rings. The number of methoxy groups -OCH3 is 1. The van der Waals surface area contributed by atoms with Crippen molar-refractivity contribution in [2.24, 2.45) is 0 Å². The number of unbranched alkanes of at least 4 members (excludes halogenated alkanes) is 3. The summed E-state index contributed by atoms with van der Waals surface area (Å²) in [5, 5.41) is 27.9.